The van der Waals surface area contributed by atoms with Gasteiger partial charge in [-0.3, -0.25) is 19.4 Å². The smallest absolute Gasteiger partial charge is 0.236 e. The second kappa shape index (κ2) is 11.0. The summed E-state index contributed by atoms with van der Waals surface area (Å²) in [6.07, 6.45) is 0.952. The number of likely N-dealkylation sites (N-methyl/N-ethyl adjacent to an activating group) is 1. The first-order valence-electron chi connectivity index (χ1n) is 11.7. The number of benzene rings is 2. The lowest BCUT2D eigenvalue weighted by molar-refractivity contribution is -0.131. The first-order valence-corrected chi connectivity index (χ1v) is 11.7. The van der Waals surface area contributed by atoms with Crippen molar-refractivity contribution in [3.63, 3.8) is 0 Å². The molecule has 1 aliphatic heterocycles. The molecule has 2 aromatic carbocycles. The maximum absolute atomic E-state index is 12.9. The van der Waals surface area contributed by atoms with Crippen LogP contribution in [0.1, 0.15) is 32.8 Å². The molecule has 0 atom stereocenters. The summed E-state index contributed by atoms with van der Waals surface area (Å²) in [7, 11) is 3.53. The van der Waals surface area contributed by atoms with Crippen molar-refractivity contribution in [2.45, 2.75) is 39.3 Å². The van der Waals surface area contributed by atoms with Crippen molar-refractivity contribution < 1.29 is 14.3 Å². The van der Waals surface area contributed by atoms with Gasteiger partial charge in [0.05, 0.1) is 20.2 Å². The van der Waals surface area contributed by atoms with Crippen LogP contribution < -0.4 is 10.1 Å². The van der Waals surface area contributed by atoms with E-state index in [1.165, 1.54) is 0 Å². The van der Waals surface area contributed by atoms with Crippen LogP contribution in [-0.2, 0) is 16.1 Å². The van der Waals surface area contributed by atoms with Crippen LogP contribution in [-0.4, -0.2) is 85.5 Å². The van der Waals surface area contributed by atoms with Gasteiger partial charge in [-0.2, -0.15) is 0 Å². The van der Waals surface area contributed by atoms with E-state index in [2.05, 4.69) is 33.3 Å². The highest BCUT2D eigenvalue weighted by atomic mass is 16.5. The van der Waals surface area contributed by atoms with Crippen LogP contribution in [0, 0.1) is 0 Å². The van der Waals surface area contributed by atoms with Gasteiger partial charge in [-0.05, 0) is 74.8 Å². The van der Waals surface area contributed by atoms with E-state index in [0.717, 1.165) is 54.7 Å². The van der Waals surface area contributed by atoms with Crippen molar-refractivity contribution in [2.75, 3.05) is 53.4 Å². The zero-order valence-corrected chi connectivity index (χ0v) is 20.7. The maximum Gasteiger partial charge on any atom is 0.236 e. The molecule has 1 fully saturated rings. The number of hydrogen-bond donors (Lipinski definition) is 1. The molecule has 2 amide bonds. The normalized spacial score (nSPS) is 15.8. The number of carbonyl (C=O) groups is 2. The van der Waals surface area contributed by atoms with Gasteiger partial charge in [-0.15, -0.1) is 0 Å². The number of fused-ring (bicyclic) bond motifs is 1. The number of nitrogens with zero attached hydrogens (tertiary/aromatic N) is 3. The highest BCUT2D eigenvalue weighted by Gasteiger charge is 2.21. The van der Waals surface area contributed by atoms with E-state index in [1.807, 2.05) is 46.0 Å². The highest BCUT2D eigenvalue weighted by molar-refractivity contribution is 5.85. The van der Waals surface area contributed by atoms with Crippen LogP contribution in [0.3, 0.4) is 0 Å². The average molecular weight is 455 g/mol. The summed E-state index contributed by atoms with van der Waals surface area (Å²) in [5, 5.41) is 5.28. The summed E-state index contributed by atoms with van der Waals surface area (Å²) in [6.45, 7) is 10.7. The van der Waals surface area contributed by atoms with Crippen molar-refractivity contribution >= 4 is 22.6 Å². The topological polar surface area (TPSA) is 65.1 Å². The molecule has 7 nitrogen and oxygen atoms in total. The molecule has 0 bridgehead atoms. The van der Waals surface area contributed by atoms with Crippen molar-refractivity contribution in [3.05, 3.63) is 42.0 Å². The van der Waals surface area contributed by atoms with Gasteiger partial charge in [0.2, 0.25) is 11.8 Å². The summed E-state index contributed by atoms with van der Waals surface area (Å²) in [4.78, 5) is 31.3. The second-order valence-corrected chi connectivity index (χ2v) is 10.0. The Balaban J connectivity index is 1.49. The molecule has 0 saturated carbocycles. The molecule has 33 heavy (non-hydrogen) atoms. The highest BCUT2D eigenvalue weighted by Crippen LogP contribution is 2.22. The van der Waals surface area contributed by atoms with Crippen LogP contribution in [0.15, 0.2) is 36.4 Å². The molecule has 7 heteroatoms. The molecule has 0 radical (unpaired) electrons. The molecule has 1 aliphatic rings. The first-order chi connectivity index (χ1) is 15.6. The summed E-state index contributed by atoms with van der Waals surface area (Å²) in [5.41, 5.74) is 0.888. The zero-order valence-electron chi connectivity index (χ0n) is 20.7. The monoisotopic (exact) mass is 454 g/mol. The van der Waals surface area contributed by atoms with Gasteiger partial charge in [0, 0.05) is 32.2 Å². The third kappa shape index (κ3) is 7.72. The summed E-state index contributed by atoms with van der Waals surface area (Å²) >= 11 is 0. The van der Waals surface area contributed by atoms with Gasteiger partial charge >= 0.3 is 0 Å². The van der Waals surface area contributed by atoms with E-state index in [-0.39, 0.29) is 17.4 Å². The Kier molecular flexibility index (Phi) is 8.32. The maximum atomic E-state index is 12.9. The van der Waals surface area contributed by atoms with Gasteiger partial charge in [-0.25, -0.2) is 0 Å². The largest absolute Gasteiger partial charge is 0.497 e. The van der Waals surface area contributed by atoms with Crippen LogP contribution in [0.5, 0.6) is 5.75 Å². The Morgan fingerprint density at radius 2 is 1.61 bits per heavy atom. The van der Waals surface area contributed by atoms with Gasteiger partial charge in [0.25, 0.3) is 0 Å². The van der Waals surface area contributed by atoms with E-state index in [1.54, 1.807) is 12.0 Å². The number of hydrogen-bond acceptors (Lipinski definition) is 5. The summed E-state index contributed by atoms with van der Waals surface area (Å²) < 4.78 is 5.29. The fraction of sp³-hybridized carbons (Fsp3) is 0.538. The lowest BCUT2D eigenvalue weighted by atomic mass is 10.1. The van der Waals surface area contributed by atoms with E-state index < -0.39 is 0 Å². The van der Waals surface area contributed by atoms with Crippen molar-refractivity contribution in [1.29, 1.82) is 0 Å². The van der Waals surface area contributed by atoms with Gasteiger partial charge < -0.3 is 15.0 Å². The van der Waals surface area contributed by atoms with Crippen LogP contribution >= 0.6 is 0 Å². The Labute approximate surface area is 197 Å². The zero-order chi connectivity index (χ0) is 24.0. The summed E-state index contributed by atoms with van der Waals surface area (Å²) in [5.74, 6) is 1.01. The molecular formula is C26H38N4O3. The average Bonchev–Trinajstić information content (AvgIpc) is 2.96. The van der Waals surface area contributed by atoms with Crippen LogP contribution in [0.25, 0.3) is 10.8 Å². The molecule has 1 N–H and O–H groups in total. The Morgan fingerprint density at radius 1 is 0.970 bits per heavy atom. The number of ether oxygens (including phenoxy) is 1. The second-order valence-electron chi connectivity index (χ2n) is 10.0. The standard InChI is InChI=1S/C26H38N4O3/c1-26(2,3)27-24(31)18-29-11-6-12-30(14-13-29)19-25(32)28(4)17-20-7-8-22-16-23(33-5)10-9-21(22)15-20/h7-10,15-16H,6,11-14,17-19H2,1-5H3,(H,27,31). The molecule has 2 aromatic rings. The van der Waals surface area contributed by atoms with Crippen LogP contribution in [0.4, 0.5) is 0 Å². The van der Waals surface area contributed by atoms with Crippen molar-refractivity contribution in [2.24, 2.45) is 0 Å². The number of carbonyl (C=O) groups excluding carboxylic acids is 2. The molecule has 180 valence electrons. The number of amides is 2. The number of rotatable bonds is 7. The summed E-state index contributed by atoms with van der Waals surface area (Å²) in [6, 6.07) is 12.3. The van der Waals surface area contributed by atoms with Crippen molar-refractivity contribution in [3.8, 4) is 5.75 Å². The molecular weight excluding hydrogens is 416 g/mol. The van der Waals surface area contributed by atoms with Gasteiger partial charge in [-0.1, -0.05) is 18.2 Å². The lowest BCUT2D eigenvalue weighted by Gasteiger charge is -2.25. The predicted molar refractivity (Wildman–Crippen MR) is 132 cm³/mol. The third-order valence-corrected chi connectivity index (χ3v) is 5.88. The van der Waals surface area contributed by atoms with Gasteiger partial charge in [0.15, 0.2) is 0 Å². The Bertz CT molecular complexity index is 970. The minimum Gasteiger partial charge on any atom is -0.497 e. The van der Waals surface area contributed by atoms with E-state index >= 15 is 0 Å². The molecule has 1 saturated heterocycles. The quantitative estimate of drug-likeness (QED) is 0.697. The fourth-order valence-corrected chi connectivity index (χ4v) is 4.17. The Morgan fingerprint density at radius 3 is 2.27 bits per heavy atom. The molecule has 3 rings (SSSR count). The number of nitrogens with one attached hydrogen (secondary N) is 1. The minimum absolute atomic E-state index is 0.0561. The van der Waals surface area contributed by atoms with E-state index in [0.29, 0.717) is 19.6 Å². The molecule has 0 unspecified atom stereocenters. The third-order valence-electron chi connectivity index (χ3n) is 5.88. The molecule has 0 aliphatic carbocycles. The van der Waals surface area contributed by atoms with E-state index in [9.17, 15) is 9.59 Å². The van der Waals surface area contributed by atoms with E-state index in [4.69, 9.17) is 4.74 Å². The minimum atomic E-state index is -0.218. The molecule has 1 heterocycles. The SMILES string of the molecule is COc1ccc2cc(CN(C)C(=O)CN3CCCN(CC(=O)NC(C)(C)C)CC3)ccc2c1. The van der Waals surface area contributed by atoms with Gasteiger partial charge in [0.1, 0.15) is 5.75 Å². The molecule has 0 aromatic heterocycles. The molecule has 0 spiro atoms. The van der Waals surface area contributed by atoms with Crippen LogP contribution in [0.2, 0.25) is 0 Å². The predicted octanol–water partition coefficient (Wildman–Crippen LogP) is 2.73. The Hall–Kier alpha value is -2.64. The first kappa shape index (κ1) is 25.0. The van der Waals surface area contributed by atoms with Crippen molar-refractivity contribution in [1.82, 2.24) is 20.0 Å². The number of methoxy groups -OCH3 is 1. The fourth-order valence-electron chi connectivity index (χ4n) is 4.17. The lowest BCUT2D eigenvalue weighted by Crippen LogP contribution is -2.46.